The van der Waals surface area contributed by atoms with Gasteiger partial charge in [0.25, 0.3) is 5.91 Å². The molecule has 2 aromatic carbocycles. The minimum atomic E-state index is -1.26. The maximum absolute atomic E-state index is 14.1. The van der Waals surface area contributed by atoms with Gasteiger partial charge < -0.3 is 25.4 Å². The summed E-state index contributed by atoms with van der Waals surface area (Å²) < 4.78 is 5.32. The molecule has 2 aromatic rings. The lowest BCUT2D eigenvalue weighted by atomic mass is 9.86. The standard InChI is InChI=1S/C30H41N3O5/c1-18-11-9-16-23(21(18)4)26(27(35)32-25-19(2)12-8-13-20(25)3)33(22-14-10-15-22)28(36)24(17-34)31-29(37)38-30(5,6)7/h8-9,11-13,16,22,24,26,34H,10,14-15,17H2,1-7H3,(H,31,37)(H,32,35). The highest BCUT2D eigenvalue weighted by atomic mass is 16.6. The Labute approximate surface area is 225 Å². The van der Waals surface area contributed by atoms with Crippen molar-refractivity contribution >= 4 is 23.6 Å². The van der Waals surface area contributed by atoms with E-state index in [1.165, 1.54) is 0 Å². The van der Waals surface area contributed by atoms with Crippen LogP contribution in [0.1, 0.15) is 73.9 Å². The number of hydrogen-bond donors (Lipinski definition) is 3. The zero-order chi connectivity index (χ0) is 28.2. The molecule has 2 atom stereocenters. The fourth-order valence-corrected chi connectivity index (χ4v) is 4.69. The Kier molecular flexibility index (Phi) is 9.20. The van der Waals surface area contributed by atoms with Gasteiger partial charge in [-0.15, -0.1) is 0 Å². The van der Waals surface area contributed by atoms with Crippen LogP contribution in [-0.2, 0) is 14.3 Å². The molecule has 38 heavy (non-hydrogen) atoms. The molecule has 0 aliphatic heterocycles. The number of para-hydroxylation sites is 1. The van der Waals surface area contributed by atoms with Crippen molar-refractivity contribution in [3.8, 4) is 0 Å². The number of rotatable bonds is 8. The monoisotopic (exact) mass is 523 g/mol. The number of amides is 3. The summed E-state index contributed by atoms with van der Waals surface area (Å²) in [7, 11) is 0. The number of aliphatic hydroxyl groups is 1. The van der Waals surface area contributed by atoms with Crippen LogP contribution in [0.2, 0.25) is 0 Å². The number of alkyl carbamates (subject to hydrolysis) is 1. The van der Waals surface area contributed by atoms with E-state index in [4.69, 9.17) is 4.74 Å². The number of carbonyl (C=O) groups is 3. The summed E-state index contributed by atoms with van der Waals surface area (Å²) in [6.45, 7) is 12.3. The minimum Gasteiger partial charge on any atom is -0.444 e. The van der Waals surface area contributed by atoms with Crippen LogP contribution in [0, 0.1) is 27.7 Å². The van der Waals surface area contributed by atoms with Gasteiger partial charge in [0.15, 0.2) is 0 Å². The molecule has 3 amide bonds. The summed E-state index contributed by atoms with van der Waals surface area (Å²) in [5, 5.41) is 15.7. The fourth-order valence-electron chi connectivity index (χ4n) is 4.69. The molecule has 0 radical (unpaired) electrons. The predicted octanol–water partition coefficient (Wildman–Crippen LogP) is 4.87. The van der Waals surface area contributed by atoms with Gasteiger partial charge in [0.05, 0.1) is 6.61 Å². The van der Waals surface area contributed by atoms with Crippen LogP contribution in [0.15, 0.2) is 36.4 Å². The first kappa shape index (κ1) is 29.2. The molecule has 8 nitrogen and oxygen atoms in total. The quantitative estimate of drug-likeness (QED) is 0.458. The lowest BCUT2D eigenvalue weighted by Gasteiger charge is -2.44. The van der Waals surface area contributed by atoms with Gasteiger partial charge in [-0.1, -0.05) is 36.4 Å². The maximum Gasteiger partial charge on any atom is 0.408 e. The lowest BCUT2D eigenvalue weighted by Crippen LogP contribution is -2.58. The lowest BCUT2D eigenvalue weighted by molar-refractivity contribution is -0.146. The summed E-state index contributed by atoms with van der Waals surface area (Å²) in [6.07, 6.45) is 1.58. The predicted molar refractivity (Wildman–Crippen MR) is 148 cm³/mol. The molecular weight excluding hydrogens is 482 g/mol. The fraction of sp³-hybridized carbons (Fsp3) is 0.500. The Bertz CT molecular complexity index is 1160. The first-order valence-corrected chi connectivity index (χ1v) is 13.2. The third-order valence-electron chi connectivity index (χ3n) is 7.09. The summed E-state index contributed by atoms with van der Waals surface area (Å²) in [5.74, 6) is -0.865. The van der Waals surface area contributed by atoms with E-state index >= 15 is 0 Å². The van der Waals surface area contributed by atoms with Crippen LogP contribution in [-0.4, -0.2) is 52.2 Å². The normalized spacial score (nSPS) is 15.2. The van der Waals surface area contributed by atoms with Gasteiger partial charge in [0.2, 0.25) is 5.91 Å². The van der Waals surface area contributed by atoms with Gasteiger partial charge in [-0.3, -0.25) is 9.59 Å². The van der Waals surface area contributed by atoms with E-state index in [1.807, 2.05) is 64.1 Å². The van der Waals surface area contributed by atoms with Crippen molar-refractivity contribution in [2.75, 3.05) is 11.9 Å². The van der Waals surface area contributed by atoms with Gasteiger partial charge in [-0.2, -0.15) is 0 Å². The number of aryl methyl sites for hydroxylation is 3. The molecule has 0 saturated heterocycles. The van der Waals surface area contributed by atoms with Crippen LogP contribution in [0.4, 0.5) is 10.5 Å². The van der Waals surface area contributed by atoms with Crippen LogP contribution in [0.5, 0.6) is 0 Å². The number of benzene rings is 2. The van der Waals surface area contributed by atoms with Gasteiger partial charge in [-0.05, 0) is 95.5 Å². The van der Waals surface area contributed by atoms with Gasteiger partial charge in [-0.25, -0.2) is 4.79 Å². The minimum absolute atomic E-state index is 0.203. The Morgan fingerprint density at radius 1 is 1.00 bits per heavy atom. The molecule has 1 fully saturated rings. The van der Waals surface area contributed by atoms with E-state index in [0.29, 0.717) is 11.3 Å². The van der Waals surface area contributed by atoms with Gasteiger partial charge >= 0.3 is 6.09 Å². The molecule has 206 valence electrons. The van der Waals surface area contributed by atoms with Crippen molar-refractivity contribution in [2.45, 2.75) is 91.5 Å². The molecule has 0 spiro atoms. The van der Waals surface area contributed by atoms with Crippen LogP contribution < -0.4 is 10.6 Å². The Morgan fingerprint density at radius 3 is 2.11 bits per heavy atom. The van der Waals surface area contributed by atoms with Crippen LogP contribution >= 0.6 is 0 Å². The zero-order valence-electron chi connectivity index (χ0n) is 23.6. The largest absolute Gasteiger partial charge is 0.444 e. The molecule has 1 saturated carbocycles. The smallest absolute Gasteiger partial charge is 0.408 e. The molecule has 1 aliphatic carbocycles. The first-order valence-electron chi connectivity index (χ1n) is 13.2. The number of anilines is 1. The van der Waals surface area contributed by atoms with Crippen LogP contribution in [0.25, 0.3) is 0 Å². The van der Waals surface area contributed by atoms with E-state index in [2.05, 4.69) is 10.6 Å². The van der Waals surface area contributed by atoms with E-state index in [0.717, 1.165) is 41.5 Å². The van der Waals surface area contributed by atoms with Crippen molar-refractivity contribution in [3.63, 3.8) is 0 Å². The molecule has 0 bridgehead atoms. The number of carbonyl (C=O) groups excluding carboxylic acids is 3. The van der Waals surface area contributed by atoms with Gasteiger partial charge in [0, 0.05) is 11.7 Å². The van der Waals surface area contributed by atoms with Crippen molar-refractivity contribution in [2.24, 2.45) is 0 Å². The Morgan fingerprint density at radius 2 is 1.58 bits per heavy atom. The summed E-state index contributed by atoms with van der Waals surface area (Å²) in [4.78, 5) is 42.2. The average molecular weight is 524 g/mol. The second kappa shape index (κ2) is 12.0. The van der Waals surface area contributed by atoms with Crippen LogP contribution in [0.3, 0.4) is 0 Å². The molecule has 3 rings (SSSR count). The SMILES string of the molecule is Cc1cccc(C(C(=O)Nc2c(C)cccc2C)N(C(=O)C(CO)NC(=O)OC(C)(C)C)C2CCC2)c1C. The third kappa shape index (κ3) is 6.72. The molecule has 3 N–H and O–H groups in total. The molecule has 0 aromatic heterocycles. The second-order valence-electron chi connectivity index (χ2n) is 11.2. The highest BCUT2D eigenvalue weighted by Gasteiger charge is 2.42. The molecular formula is C30H41N3O5. The average Bonchev–Trinajstić information content (AvgIpc) is 2.79. The van der Waals surface area contributed by atoms with Crippen molar-refractivity contribution < 1.29 is 24.2 Å². The van der Waals surface area contributed by atoms with E-state index in [9.17, 15) is 19.5 Å². The van der Waals surface area contributed by atoms with E-state index < -0.39 is 36.3 Å². The molecule has 0 heterocycles. The van der Waals surface area contributed by atoms with E-state index in [1.54, 1.807) is 25.7 Å². The highest BCUT2D eigenvalue weighted by molar-refractivity contribution is 6.00. The molecule has 2 unspecified atom stereocenters. The number of nitrogens with zero attached hydrogens (tertiary/aromatic N) is 1. The number of nitrogens with one attached hydrogen (secondary N) is 2. The van der Waals surface area contributed by atoms with Crippen molar-refractivity contribution in [1.29, 1.82) is 0 Å². The maximum atomic E-state index is 14.1. The van der Waals surface area contributed by atoms with E-state index in [-0.39, 0.29) is 11.9 Å². The number of aliphatic hydroxyl groups excluding tert-OH is 1. The van der Waals surface area contributed by atoms with Gasteiger partial charge in [0.1, 0.15) is 17.7 Å². The number of hydrogen-bond acceptors (Lipinski definition) is 5. The molecule has 8 heteroatoms. The van der Waals surface area contributed by atoms with Crippen molar-refractivity contribution in [3.05, 3.63) is 64.2 Å². The Hall–Kier alpha value is -3.39. The summed E-state index contributed by atoms with van der Waals surface area (Å²) in [6, 6.07) is 9.08. The zero-order valence-corrected chi connectivity index (χ0v) is 23.6. The first-order chi connectivity index (χ1) is 17.8. The summed E-state index contributed by atoms with van der Waals surface area (Å²) in [5.41, 5.74) is 4.39. The van der Waals surface area contributed by atoms with Crippen molar-refractivity contribution in [1.82, 2.24) is 10.2 Å². The number of ether oxygens (including phenoxy) is 1. The Balaban J connectivity index is 2.06. The topological polar surface area (TPSA) is 108 Å². The second-order valence-corrected chi connectivity index (χ2v) is 11.2. The third-order valence-corrected chi connectivity index (χ3v) is 7.09. The molecule has 1 aliphatic rings. The summed E-state index contributed by atoms with van der Waals surface area (Å²) >= 11 is 0. The highest BCUT2D eigenvalue weighted by Crippen LogP contribution is 2.36.